The van der Waals surface area contributed by atoms with Crippen molar-refractivity contribution in [2.75, 3.05) is 0 Å². The van der Waals surface area contributed by atoms with Crippen LogP contribution in [0.25, 0.3) is 11.5 Å². The van der Waals surface area contributed by atoms with Gasteiger partial charge in [-0.3, -0.25) is 10.1 Å². The molecular formula is C10H8N2O4. The maximum absolute atomic E-state index is 10.4. The molecule has 1 aromatic heterocycles. The van der Waals surface area contributed by atoms with E-state index in [9.17, 15) is 10.1 Å². The van der Waals surface area contributed by atoms with Crippen molar-refractivity contribution in [3.63, 3.8) is 0 Å². The molecule has 0 bridgehead atoms. The third-order valence-corrected chi connectivity index (χ3v) is 2.04. The molecule has 2 aromatic rings. The Morgan fingerprint density at radius 1 is 1.38 bits per heavy atom. The number of aliphatic hydroxyl groups is 1. The third-order valence-electron chi connectivity index (χ3n) is 2.04. The van der Waals surface area contributed by atoms with Crippen LogP contribution < -0.4 is 0 Å². The molecule has 0 amide bonds. The highest BCUT2D eigenvalue weighted by Gasteiger charge is 2.09. The zero-order valence-corrected chi connectivity index (χ0v) is 8.16. The second kappa shape index (κ2) is 4.11. The fourth-order valence-corrected chi connectivity index (χ4v) is 1.24. The molecular weight excluding hydrogens is 212 g/mol. The molecule has 6 heteroatoms. The molecule has 0 aliphatic carbocycles. The highest BCUT2D eigenvalue weighted by molar-refractivity contribution is 5.55. The maximum atomic E-state index is 10.4. The Hall–Kier alpha value is -2.21. The Balaban J connectivity index is 2.30. The lowest BCUT2D eigenvalue weighted by atomic mass is 10.2. The SMILES string of the molecule is O=[N+]([O-])c1ccc(-c2nc(CO)co2)cc1. The summed E-state index contributed by atoms with van der Waals surface area (Å²) in [4.78, 5) is 13.9. The van der Waals surface area contributed by atoms with Crippen LogP contribution in [-0.4, -0.2) is 15.0 Å². The summed E-state index contributed by atoms with van der Waals surface area (Å²) in [6.45, 7) is -0.198. The van der Waals surface area contributed by atoms with E-state index < -0.39 is 4.92 Å². The number of aliphatic hydroxyl groups excluding tert-OH is 1. The van der Waals surface area contributed by atoms with E-state index in [1.165, 1.54) is 18.4 Å². The standard InChI is InChI=1S/C10H8N2O4/c13-5-8-6-16-10(11-8)7-1-3-9(4-2-7)12(14)15/h1-4,6,13H,5H2. The van der Waals surface area contributed by atoms with Crippen LogP contribution in [0, 0.1) is 10.1 Å². The molecule has 2 rings (SSSR count). The average Bonchev–Trinajstić information content (AvgIpc) is 2.77. The Kier molecular flexibility index (Phi) is 2.65. The van der Waals surface area contributed by atoms with Gasteiger partial charge in [0.2, 0.25) is 5.89 Å². The zero-order chi connectivity index (χ0) is 11.5. The summed E-state index contributed by atoms with van der Waals surface area (Å²) in [6, 6.07) is 5.84. The van der Waals surface area contributed by atoms with Gasteiger partial charge < -0.3 is 9.52 Å². The van der Waals surface area contributed by atoms with Gasteiger partial charge in [0, 0.05) is 17.7 Å². The molecule has 1 N–H and O–H groups in total. The Morgan fingerprint density at radius 2 is 2.06 bits per heavy atom. The number of benzene rings is 1. The van der Waals surface area contributed by atoms with Gasteiger partial charge in [-0.2, -0.15) is 0 Å². The van der Waals surface area contributed by atoms with E-state index in [1.54, 1.807) is 12.1 Å². The zero-order valence-electron chi connectivity index (χ0n) is 8.16. The Labute approximate surface area is 90.3 Å². The molecule has 0 spiro atoms. The molecule has 6 nitrogen and oxygen atoms in total. The second-order valence-electron chi connectivity index (χ2n) is 3.11. The lowest BCUT2D eigenvalue weighted by Gasteiger charge is -1.94. The maximum Gasteiger partial charge on any atom is 0.269 e. The van der Waals surface area contributed by atoms with Crippen molar-refractivity contribution in [3.8, 4) is 11.5 Å². The Morgan fingerprint density at radius 3 is 2.56 bits per heavy atom. The van der Waals surface area contributed by atoms with Gasteiger partial charge >= 0.3 is 0 Å². The van der Waals surface area contributed by atoms with E-state index in [0.717, 1.165) is 0 Å². The predicted molar refractivity (Wildman–Crippen MR) is 54.5 cm³/mol. The molecule has 1 aromatic carbocycles. The summed E-state index contributed by atoms with van der Waals surface area (Å²) >= 11 is 0. The minimum Gasteiger partial charge on any atom is -0.444 e. The summed E-state index contributed by atoms with van der Waals surface area (Å²) < 4.78 is 5.10. The lowest BCUT2D eigenvalue weighted by molar-refractivity contribution is -0.384. The molecule has 16 heavy (non-hydrogen) atoms. The van der Waals surface area contributed by atoms with E-state index in [0.29, 0.717) is 17.1 Å². The fraction of sp³-hybridized carbons (Fsp3) is 0.100. The number of non-ortho nitro benzene ring substituents is 1. The van der Waals surface area contributed by atoms with Crippen LogP contribution in [0.4, 0.5) is 5.69 Å². The van der Waals surface area contributed by atoms with Gasteiger partial charge in [-0.05, 0) is 12.1 Å². The number of rotatable bonds is 3. The molecule has 0 saturated heterocycles. The predicted octanol–water partition coefficient (Wildman–Crippen LogP) is 1.74. The van der Waals surface area contributed by atoms with Crippen LogP contribution in [0.3, 0.4) is 0 Å². The monoisotopic (exact) mass is 220 g/mol. The van der Waals surface area contributed by atoms with Gasteiger partial charge in [0.25, 0.3) is 5.69 Å². The molecule has 0 unspecified atom stereocenters. The molecule has 0 aliphatic rings. The van der Waals surface area contributed by atoms with Crippen LogP contribution in [0.2, 0.25) is 0 Å². The van der Waals surface area contributed by atoms with E-state index in [1.807, 2.05) is 0 Å². The van der Waals surface area contributed by atoms with Crippen molar-refractivity contribution in [1.29, 1.82) is 0 Å². The number of nitro benzene ring substituents is 1. The van der Waals surface area contributed by atoms with Gasteiger partial charge in [-0.1, -0.05) is 0 Å². The van der Waals surface area contributed by atoms with Crippen molar-refractivity contribution in [1.82, 2.24) is 4.98 Å². The first-order chi connectivity index (χ1) is 7.70. The molecule has 1 heterocycles. The van der Waals surface area contributed by atoms with Crippen LogP contribution in [0.1, 0.15) is 5.69 Å². The third kappa shape index (κ3) is 1.91. The van der Waals surface area contributed by atoms with Gasteiger partial charge in [0.05, 0.1) is 11.5 Å². The lowest BCUT2D eigenvalue weighted by Crippen LogP contribution is -1.87. The highest BCUT2D eigenvalue weighted by atomic mass is 16.6. The molecule has 82 valence electrons. The van der Waals surface area contributed by atoms with Crippen molar-refractivity contribution < 1.29 is 14.4 Å². The number of hydrogen-bond acceptors (Lipinski definition) is 5. The van der Waals surface area contributed by atoms with Gasteiger partial charge in [0.15, 0.2) is 0 Å². The summed E-state index contributed by atoms with van der Waals surface area (Å²) in [6.07, 6.45) is 1.34. The van der Waals surface area contributed by atoms with Crippen molar-refractivity contribution in [2.45, 2.75) is 6.61 Å². The first kappa shape index (κ1) is 10.3. The summed E-state index contributed by atoms with van der Waals surface area (Å²) in [5.74, 6) is 0.332. The first-order valence-corrected chi connectivity index (χ1v) is 4.51. The van der Waals surface area contributed by atoms with Crippen LogP contribution >= 0.6 is 0 Å². The topological polar surface area (TPSA) is 89.4 Å². The molecule has 0 saturated carbocycles. The van der Waals surface area contributed by atoms with Crippen LogP contribution in [-0.2, 0) is 6.61 Å². The van der Waals surface area contributed by atoms with Crippen LogP contribution in [0.15, 0.2) is 34.9 Å². The van der Waals surface area contributed by atoms with Gasteiger partial charge in [0.1, 0.15) is 12.0 Å². The van der Waals surface area contributed by atoms with Gasteiger partial charge in [-0.15, -0.1) is 0 Å². The largest absolute Gasteiger partial charge is 0.444 e. The highest BCUT2D eigenvalue weighted by Crippen LogP contribution is 2.21. The van der Waals surface area contributed by atoms with Crippen molar-refractivity contribution in [3.05, 3.63) is 46.3 Å². The molecule has 0 fully saturated rings. The number of aromatic nitrogens is 1. The number of hydrogen-bond donors (Lipinski definition) is 1. The smallest absolute Gasteiger partial charge is 0.269 e. The normalized spacial score (nSPS) is 10.3. The summed E-state index contributed by atoms with van der Waals surface area (Å²) in [5.41, 5.74) is 1.07. The molecule has 0 atom stereocenters. The van der Waals surface area contributed by atoms with Gasteiger partial charge in [-0.25, -0.2) is 4.98 Å². The fourth-order valence-electron chi connectivity index (χ4n) is 1.24. The average molecular weight is 220 g/mol. The van der Waals surface area contributed by atoms with Crippen molar-refractivity contribution >= 4 is 5.69 Å². The van der Waals surface area contributed by atoms with E-state index in [4.69, 9.17) is 9.52 Å². The van der Waals surface area contributed by atoms with Crippen molar-refractivity contribution in [2.24, 2.45) is 0 Å². The molecule has 0 aliphatic heterocycles. The summed E-state index contributed by atoms with van der Waals surface area (Å²) in [5, 5.41) is 19.2. The van der Waals surface area contributed by atoms with E-state index in [-0.39, 0.29) is 12.3 Å². The number of oxazole rings is 1. The summed E-state index contributed by atoms with van der Waals surface area (Å²) in [7, 11) is 0. The quantitative estimate of drug-likeness (QED) is 0.628. The Bertz CT molecular complexity index is 504. The molecule has 0 radical (unpaired) electrons. The number of nitrogens with zero attached hydrogens (tertiary/aromatic N) is 2. The first-order valence-electron chi connectivity index (χ1n) is 4.51. The van der Waals surface area contributed by atoms with E-state index in [2.05, 4.69) is 4.98 Å². The van der Waals surface area contributed by atoms with Crippen LogP contribution in [0.5, 0.6) is 0 Å². The second-order valence-corrected chi connectivity index (χ2v) is 3.11. The van der Waals surface area contributed by atoms with E-state index >= 15 is 0 Å². The number of nitro groups is 1. The minimum atomic E-state index is -0.474. The minimum absolute atomic E-state index is 0.0117.